The molecular formula is C21H23FN2O. The summed E-state index contributed by atoms with van der Waals surface area (Å²) < 4.78 is 14.9. The maximum absolute atomic E-state index is 14.9. The van der Waals surface area contributed by atoms with Crippen LogP contribution in [0.1, 0.15) is 52.3 Å². The fourth-order valence-electron chi connectivity index (χ4n) is 2.99. The van der Waals surface area contributed by atoms with E-state index in [0.717, 1.165) is 29.7 Å². The van der Waals surface area contributed by atoms with Crippen LogP contribution in [0.2, 0.25) is 0 Å². The molecule has 4 heteroatoms. The molecule has 0 fully saturated rings. The van der Waals surface area contributed by atoms with Crippen LogP contribution >= 0.6 is 0 Å². The van der Waals surface area contributed by atoms with Crippen LogP contribution in [0.5, 0.6) is 0 Å². The van der Waals surface area contributed by atoms with E-state index in [9.17, 15) is 9.18 Å². The Hall–Kier alpha value is -2.67. The van der Waals surface area contributed by atoms with Crippen LogP contribution in [0.4, 0.5) is 10.1 Å². The van der Waals surface area contributed by atoms with Gasteiger partial charge in [-0.05, 0) is 37.8 Å². The molecular weight excluding hydrogens is 315 g/mol. The molecule has 0 atom stereocenters. The van der Waals surface area contributed by atoms with Crippen LogP contribution < -0.4 is 5.32 Å². The van der Waals surface area contributed by atoms with Crippen LogP contribution in [0.3, 0.4) is 0 Å². The summed E-state index contributed by atoms with van der Waals surface area (Å²) in [5, 5.41) is 2.90. The zero-order chi connectivity index (χ0) is 18.6. The molecule has 2 rings (SSSR count). The number of carbonyl (C=O) groups excluding carboxylic acids is 1. The fraction of sp³-hybridized carbons (Fsp3) is 0.333. The second-order valence-electron chi connectivity index (χ2n) is 5.94. The monoisotopic (exact) mass is 338 g/mol. The summed E-state index contributed by atoms with van der Waals surface area (Å²) >= 11 is 0. The van der Waals surface area contributed by atoms with Gasteiger partial charge in [-0.25, -0.2) is 4.39 Å². The van der Waals surface area contributed by atoms with Gasteiger partial charge in [-0.1, -0.05) is 32.0 Å². The molecule has 25 heavy (non-hydrogen) atoms. The van der Waals surface area contributed by atoms with Crippen LogP contribution in [-0.4, -0.2) is 10.9 Å². The largest absolute Gasteiger partial charge is 0.321 e. The Labute approximate surface area is 148 Å². The SMILES string of the molecule is C#CCc1c(C)nc(C)c(C(=O)Nc2c(CC)cccc2CC)c1F. The molecule has 0 spiro atoms. The van der Waals surface area contributed by atoms with Crippen LogP contribution in [-0.2, 0) is 19.3 Å². The molecule has 0 unspecified atom stereocenters. The molecule has 1 N–H and O–H groups in total. The van der Waals surface area contributed by atoms with Crippen molar-refractivity contribution >= 4 is 11.6 Å². The zero-order valence-electron chi connectivity index (χ0n) is 15.2. The van der Waals surface area contributed by atoms with Gasteiger partial charge in [0.15, 0.2) is 0 Å². The van der Waals surface area contributed by atoms with Crippen LogP contribution in [0.15, 0.2) is 18.2 Å². The zero-order valence-corrected chi connectivity index (χ0v) is 15.2. The lowest BCUT2D eigenvalue weighted by molar-refractivity contribution is 0.102. The van der Waals surface area contributed by atoms with Crippen molar-refractivity contribution in [3.63, 3.8) is 0 Å². The second-order valence-corrected chi connectivity index (χ2v) is 5.94. The molecule has 0 aliphatic heterocycles. The maximum atomic E-state index is 14.9. The number of terminal acetylenes is 1. The highest BCUT2D eigenvalue weighted by molar-refractivity contribution is 6.06. The number of aromatic nitrogens is 1. The van der Waals surface area contributed by atoms with Crippen LogP contribution in [0.25, 0.3) is 0 Å². The number of amides is 1. The van der Waals surface area contributed by atoms with Crippen molar-refractivity contribution in [1.82, 2.24) is 4.98 Å². The number of hydrogen-bond donors (Lipinski definition) is 1. The van der Waals surface area contributed by atoms with E-state index in [2.05, 4.69) is 16.2 Å². The van der Waals surface area contributed by atoms with Crippen LogP contribution in [0, 0.1) is 32.0 Å². The Balaban J connectivity index is 2.50. The Kier molecular flexibility index (Phi) is 5.93. The fourth-order valence-corrected chi connectivity index (χ4v) is 2.99. The van der Waals surface area contributed by atoms with Crippen molar-refractivity contribution in [3.8, 4) is 12.3 Å². The van der Waals surface area contributed by atoms with E-state index in [1.165, 1.54) is 0 Å². The van der Waals surface area contributed by atoms with Crippen molar-refractivity contribution in [2.45, 2.75) is 47.0 Å². The molecule has 130 valence electrons. The number of rotatable bonds is 5. The number of halogens is 1. The number of aryl methyl sites for hydroxylation is 4. The average Bonchev–Trinajstić information content (AvgIpc) is 2.58. The number of hydrogen-bond acceptors (Lipinski definition) is 2. The summed E-state index contributed by atoms with van der Waals surface area (Å²) in [5.41, 5.74) is 3.95. The predicted octanol–water partition coefficient (Wildman–Crippen LogP) is 4.39. The summed E-state index contributed by atoms with van der Waals surface area (Å²) in [6.07, 6.45) is 6.98. The molecule has 0 saturated heterocycles. The molecule has 1 amide bonds. The van der Waals surface area contributed by atoms with Gasteiger partial charge in [0.1, 0.15) is 5.82 Å². The van der Waals surface area contributed by atoms with Crippen molar-refractivity contribution in [3.05, 3.63) is 57.7 Å². The van der Waals surface area contributed by atoms with Gasteiger partial charge < -0.3 is 5.32 Å². The minimum absolute atomic E-state index is 0.0381. The topological polar surface area (TPSA) is 42.0 Å². The molecule has 1 aromatic heterocycles. The molecule has 3 nitrogen and oxygen atoms in total. The number of anilines is 1. The lowest BCUT2D eigenvalue weighted by Crippen LogP contribution is -2.20. The number of para-hydroxylation sites is 1. The van der Waals surface area contributed by atoms with Gasteiger partial charge in [0.2, 0.25) is 0 Å². The quantitative estimate of drug-likeness (QED) is 0.822. The van der Waals surface area contributed by atoms with Gasteiger partial charge in [0.25, 0.3) is 5.91 Å². The number of pyridine rings is 1. The van der Waals surface area contributed by atoms with Crippen molar-refractivity contribution in [1.29, 1.82) is 0 Å². The average molecular weight is 338 g/mol. The Morgan fingerprint density at radius 2 is 1.80 bits per heavy atom. The first-order chi connectivity index (χ1) is 11.9. The van der Waals surface area contributed by atoms with Gasteiger partial charge in [-0.2, -0.15) is 0 Å². The van der Waals surface area contributed by atoms with Crippen molar-refractivity contribution < 1.29 is 9.18 Å². The van der Waals surface area contributed by atoms with Gasteiger partial charge in [-0.3, -0.25) is 9.78 Å². The second kappa shape index (κ2) is 7.94. The molecule has 0 radical (unpaired) electrons. The normalized spacial score (nSPS) is 10.4. The molecule has 0 aliphatic carbocycles. The standard InChI is InChI=1S/C21H23FN2O/c1-6-10-17-13(4)23-14(5)18(19(17)22)21(25)24-20-15(7-2)11-9-12-16(20)8-3/h1,9,11-12H,7-8,10H2,2-5H3,(H,24,25). The van der Waals surface area contributed by atoms with Gasteiger partial charge in [0.05, 0.1) is 11.3 Å². The smallest absolute Gasteiger partial charge is 0.260 e. The number of benzene rings is 1. The third-order valence-corrected chi connectivity index (χ3v) is 4.36. The lowest BCUT2D eigenvalue weighted by Gasteiger charge is -2.16. The summed E-state index contributed by atoms with van der Waals surface area (Å²) in [7, 11) is 0. The molecule has 0 aliphatic rings. The first-order valence-electron chi connectivity index (χ1n) is 8.45. The number of nitrogens with one attached hydrogen (secondary N) is 1. The summed E-state index contributed by atoms with van der Waals surface area (Å²) in [4.78, 5) is 17.1. The summed E-state index contributed by atoms with van der Waals surface area (Å²) in [6.45, 7) is 7.38. The van der Waals surface area contributed by atoms with E-state index >= 15 is 0 Å². The summed E-state index contributed by atoms with van der Waals surface area (Å²) in [6, 6.07) is 5.90. The molecule has 0 saturated carbocycles. The molecule has 1 aromatic carbocycles. The molecule has 2 aromatic rings. The molecule has 0 bridgehead atoms. The highest BCUT2D eigenvalue weighted by Crippen LogP contribution is 2.25. The number of carbonyl (C=O) groups is 1. The van der Waals surface area contributed by atoms with E-state index < -0.39 is 11.7 Å². The summed E-state index contributed by atoms with van der Waals surface area (Å²) in [5.74, 6) is 1.36. The van der Waals surface area contributed by atoms with Gasteiger partial charge >= 0.3 is 0 Å². The van der Waals surface area contributed by atoms with Gasteiger partial charge in [0, 0.05) is 23.4 Å². The van der Waals surface area contributed by atoms with Gasteiger partial charge in [-0.15, -0.1) is 12.3 Å². The lowest BCUT2D eigenvalue weighted by atomic mass is 10.0. The maximum Gasteiger partial charge on any atom is 0.260 e. The highest BCUT2D eigenvalue weighted by atomic mass is 19.1. The van der Waals surface area contributed by atoms with Crippen molar-refractivity contribution in [2.24, 2.45) is 0 Å². The van der Waals surface area contributed by atoms with E-state index in [0.29, 0.717) is 17.0 Å². The first-order valence-corrected chi connectivity index (χ1v) is 8.45. The predicted molar refractivity (Wildman–Crippen MR) is 99.4 cm³/mol. The highest BCUT2D eigenvalue weighted by Gasteiger charge is 2.22. The Bertz CT molecular complexity index is 828. The van der Waals surface area contributed by atoms with E-state index in [1.54, 1.807) is 13.8 Å². The van der Waals surface area contributed by atoms with E-state index in [1.807, 2.05) is 32.0 Å². The van der Waals surface area contributed by atoms with E-state index in [4.69, 9.17) is 6.42 Å². The Morgan fingerprint density at radius 3 is 2.32 bits per heavy atom. The number of nitrogens with zero attached hydrogens (tertiary/aromatic N) is 1. The van der Waals surface area contributed by atoms with Crippen molar-refractivity contribution in [2.75, 3.05) is 5.32 Å². The third-order valence-electron chi connectivity index (χ3n) is 4.36. The first kappa shape index (κ1) is 18.7. The Morgan fingerprint density at radius 1 is 1.20 bits per heavy atom. The van der Waals surface area contributed by atoms with E-state index in [-0.39, 0.29) is 12.0 Å². The third kappa shape index (κ3) is 3.71. The minimum Gasteiger partial charge on any atom is -0.321 e. The molecule has 1 heterocycles. The minimum atomic E-state index is -0.576.